The fourth-order valence-electron chi connectivity index (χ4n) is 4.05. The normalized spacial score (nSPS) is 15.1. The van der Waals surface area contributed by atoms with Gasteiger partial charge in [0.25, 0.3) is 0 Å². The molecule has 0 radical (unpaired) electrons. The summed E-state index contributed by atoms with van der Waals surface area (Å²) in [5.74, 6) is 0.969. The van der Waals surface area contributed by atoms with E-state index in [0.29, 0.717) is 38.0 Å². The number of thioether (sulfide) groups is 1. The van der Waals surface area contributed by atoms with Crippen LogP contribution in [0.1, 0.15) is 82.7 Å². The van der Waals surface area contributed by atoms with Gasteiger partial charge in [0.1, 0.15) is 0 Å². The van der Waals surface area contributed by atoms with Gasteiger partial charge < -0.3 is 20.7 Å². The summed E-state index contributed by atoms with van der Waals surface area (Å²) in [5, 5.41) is 8.67. The number of ether oxygens (including phenoxy) is 1. The van der Waals surface area contributed by atoms with Crippen LogP contribution in [0.25, 0.3) is 0 Å². The van der Waals surface area contributed by atoms with Gasteiger partial charge in [0.05, 0.1) is 17.9 Å². The molecule has 1 atom stereocenters. The highest BCUT2D eigenvalue weighted by Crippen LogP contribution is 2.19. The lowest BCUT2D eigenvalue weighted by molar-refractivity contribution is -0.122. The van der Waals surface area contributed by atoms with Crippen LogP contribution >= 0.6 is 11.8 Å². The van der Waals surface area contributed by atoms with Crippen LogP contribution in [0.3, 0.4) is 0 Å². The SMILES string of the molecule is CC(NC(=O)CCNC(=O)CSCCCC(=O)NCCCOC1CCCCCC1)c1ccccc1. The van der Waals surface area contributed by atoms with Gasteiger partial charge in [0.15, 0.2) is 0 Å². The minimum Gasteiger partial charge on any atom is -0.378 e. The van der Waals surface area contributed by atoms with Crippen molar-refractivity contribution < 1.29 is 19.1 Å². The van der Waals surface area contributed by atoms with E-state index < -0.39 is 0 Å². The van der Waals surface area contributed by atoms with Crippen LogP contribution in [0.4, 0.5) is 0 Å². The lowest BCUT2D eigenvalue weighted by Crippen LogP contribution is -2.32. The number of carbonyl (C=O) groups is 3. The quantitative estimate of drug-likeness (QED) is 0.232. The molecule has 1 unspecified atom stereocenters. The number of benzene rings is 1. The molecule has 3 amide bonds. The molecule has 0 saturated heterocycles. The molecule has 1 fully saturated rings. The molecule has 196 valence electrons. The number of nitrogens with one attached hydrogen (secondary N) is 3. The number of hydrogen-bond donors (Lipinski definition) is 3. The van der Waals surface area contributed by atoms with E-state index >= 15 is 0 Å². The Bertz CT molecular complexity index is 739. The molecule has 1 aromatic carbocycles. The van der Waals surface area contributed by atoms with E-state index in [9.17, 15) is 14.4 Å². The Balaban J connectivity index is 1.39. The molecule has 1 aliphatic rings. The molecule has 35 heavy (non-hydrogen) atoms. The van der Waals surface area contributed by atoms with Crippen LogP contribution in [0.5, 0.6) is 0 Å². The Morgan fingerprint density at radius 2 is 1.63 bits per heavy atom. The first-order valence-electron chi connectivity index (χ1n) is 13.1. The van der Waals surface area contributed by atoms with E-state index in [4.69, 9.17) is 4.74 Å². The van der Waals surface area contributed by atoms with Gasteiger partial charge in [-0.3, -0.25) is 14.4 Å². The zero-order chi connectivity index (χ0) is 25.1. The Hall–Kier alpha value is -2.06. The van der Waals surface area contributed by atoms with E-state index in [1.165, 1.54) is 50.3 Å². The van der Waals surface area contributed by atoms with Gasteiger partial charge in [-0.05, 0) is 43.9 Å². The van der Waals surface area contributed by atoms with Gasteiger partial charge in [-0.2, -0.15) is 11.8 Å². The van der Waals surface area contributed by atoms with Crippen molar-refractivity contribution in [1.29, 1.82) is 0 Å². The Morgan fingerprint density at radius 1 is 0.914 bits per heavy atom. The second-order valence-corrected chi connectivity index (χ2v) is 10.2. The zero-order valence-electron chi connectivity index (χ0n) is 21.2. The summed E-state index contributed by atoms with van der Waals surface area (Å²) < 4.78 is 5.94. The first-order valence-corrected chi connectivity index (χ1v) is 14.3. The molecule has 0 heterocycles. The maximum absolute atomic E-state index is 12.1. The molecule has 3 N–H and O–H groups in total. The van der Waals surface area contributed by atoms with E-state index in [2.05, 4.69) is 16.0 Å². The van der Waals surface area contributed by atoms with E-state index in [1.54, 1.807) is 0 Å². The monoisotopic (exact) mass is 505 g/mol. The van der Waals surface area contributed by atoms with Gasteiger partial charge in [0.2, 0.25) is 17.7 Å². The predicted octanol–water partition coefficient (Wildman–Crippen LogP) is 4.13. The first-order chi connectivity index (χ1) is 17.0. The average molecular weight is 506 g/mol. The third-order valence-electron chi connectivity index (χ3n) is 6.08. The Kier molecular flexibility index (Phi) is 15.2. The van der Waals surface area contributed by atoms with Gasteiger partial charge in [-0.15, -0.1) is 0 Å². The molecule has 7 nitrogen and oxygen atoms in total. The van der Waals surface area contributed by atoms with E-state index in [-0.39, 0.29) is 30.2 Å². The fraction of sp³-hybridized carbons (Fsp3) is 0.667. The molecular formula is C27H43N3O4S. The van der Waals surface area contributed by atoms with Gasteiger partial charge >= 0.3 is 0 Å². The zero-order valence-corrected chi connectivity index (χ0v) is 22.0. The van der Waals surface area contributed by atoms with Crippen LogP contribution in [0.2, 0.25) is 0 Å². The molecule has 0 spiro atoms. The second-order valence-electron chi connectivity index (χ2n) is 9.14. The summed E-state index contributed by atoms with van der Waals surface area (Å²) in [6.07, 6.45) is 10.2. The van der Waals surface area contributed by atoms with Crippen LogP contribution in [0.15, 0.2) is 30.3 Å². The summed E-state index contributed by atoms with van der Waals surface area (Å²) in [4.78, 5) is 35.9. The van der Waals surface area contributed by atoms with Crippen molar-refractivity contribution in [3.63, 3.8) is 0 Å². The summed E-state index contributed by atoms with van der Waals surface area (Å²) in [7, 11) is 0. The highest BCUT2D eigenvalue weighted by Gasteiger charge is 2.12. The minimum absolute atomic E-state index is 0.0558. The minimum atomic E-state index is -0.0867. The summed E-state index contributed by atoms with van der Waals surface area (Å²) in [6, 6.07) is 9.71. The van der Waals surface area contributed by atoms with E-state index in [0.717, 1.165) is 24.2 Å². The van der Waals surface area contributed by atoms with Crippen LogP contribution < -0.4 is 16.0 Å². The molecule has 0 bridgehead atoms. The highest BCUT2D eigenvalue weighted by atomic mass is 32.2. The lowest BCUT2D eigenvalue weighted by Gasteiger charge is -2.15. The molecular weight excluding hydrogens is 462 g/mol. The van der Waals surface area contributed by atoms with Crippen molar-refractivity contribution in [3.8, 4) is 0 Å². The number of rotatable bonds is 16. The molecule has 2 rings (SSSR count). The van der Waals surface area contributed by atoms with Crippen molar-refractivity contribution in [2.45, 2.75) is 83.3 Å². The molecule has 0 aromatic heterocycles. The standard InChI is InChI=1S/C27H43N3O4S/c1-22(23-11-5-4-6-12-23)30-26(32)16-18-29-27(33)21-35-20-9-15-25(31)28-17-10-19-34-24-13-7-2-3-8-14-24/h4-6,11-12,22,24H,2-3,7-10,13-21H2,1H3,(H,28,31)(H,29,33)(H,30,32). The summed E-state index contributed by atoms with van der Waals surface area (Å²) >= 11 is 1.51. The molecule has 1 aromatic rings. The largest absolute Gasteiger partial charge is 0.378 e. The third kappa shape index (κ3) is 14.2. The number of hydrogen-bond acceptors (Lipinski definition) is 5. The predicted molar refractivity (Wildman–Crippen MR) is 142 cm³/mol. The highest BCUT2D eigenvalue weighted by molar-refractivity contribution is 7.99. The molecule has 1 aliphatic carbocycles. The Morgan fingerprint density at radius 3 is 2.37 bits per heavy atom. The molecule has 1 saturated carbocycles. The van der Waals surface area contributed by atoms with Gasteiger partial charge in [-0.25, -0.2) is 0 Å². The summed E-state index contributed by atoms with van der Waals surface area (Å²) in [5.41, 5.74) is 1.05. The van der Waals surface area contributed by atoms with Crippen molar-refractivity contribution in [2.24, 2.45) is 0 Å². The maximum Gasteiger partial charge on any atom is 0.230 e. The number of carbonyl (C=O) groups excluding carboxylic acids is 3. The van der Waals surface area contributed by atoms with Crippen molar-refractivity contribution >= 4 is 29.5 Å². The molecule has 8 heteroatoms. The average Bonchev–Trinajstić information content (AvgIpc) is 3.13. The van der Waals surface area contributed by atoms with Crippen LogP contribution in [0, 0.1) is 0 Å². The fourth-order valence-corrected chi connectivity index (χ4v) is 4.83. The first kappa shape index (κ1) is 29.2. The third-order valence-corrected chi connectivity index (χ3v) is 7.12. The Labute approximate surface area is 214 Å². The topological polar surface area (TPSA) is 96.5 Å². The van der Waals surface area contributed by atoms with Gasteiger partial charge in [0, 0.05) is 32.5 Å². The molecule has 0 aliphatic heterocycles. The van der Waals surface area contributed by atoms with Crippen molar-refractivity contribution in [2.75, 3.05) is 31.2 Å². The van der Waals surface area contributed by atoms with Gasteiger partial charge in [-0.1, -0.05) is 56.0 Å². The van der Waals surface area contributed by atoms with E-state index in [1.807, 2.05) is 37.3 Å². The van der Waals surface area contributed by atoms with Crippen LogP contribution in [-0.4, -0.2) is 55.0 Å². The lowest BCUT2D eigenvalue weighted by atomic mass is 10.1. The maximum atomic E-state index is 12.1. The number of amides is 3. The van der Waals surface area contributed by atoms with Crippen molar-refractivity contribution in [3.05, 3.63) is 35.9 Å². The van der Waals surface area contributed by atoms with Crippen LogP contribution in [-0.2, 0) is 19.1 Å². The summed E-state index contributed by atoms with van der Waals surface area (Å²) in [6.45, 7) is 3.62. The van der Waals surface area contributed by atoms with Crippen molar-refractivity contribution in [1.82, 2.24) is 16.0 Å². The second kappa shape index (κ2) is 18.2. The smallest absolute Gasteiger partial charge is 0.230 e.